The summed E-state index contributed by atoms with van der Waals surface area (Å²) < 4.78 is 0. The van der Waals surface area contributed by atoms with Crippen molar-refractivity contribution in [2.45, 2.75) is 44.6 Å². The minimum absolute atomic E-state index is 0.0252. The van der Waals surface area contributed by atoms with Gasteiger partial charge in [-0.1, -0.05) is 24.6 Å². The number of amides is 2. The Hall–Kier alpha value is -2.10. The fraction of sp³-hybridized carbons (Fsp3) is 0.444. The summed E-state index contributed by atoms with van der Waals surface area (Å²) in [6.07, 6.45) is 5.42. The van der Waals surface area contributed by atoms with Gasteiger partial charge in [-0.3, -0.25) is 9.59 Å². The van der Waals surface area contributed by atoms with Gasteiger partial charge in [0.25, 0.3) is 0 Å². The number of carbonyl (C=O) groups excluding carboxylic acids is 2. The van der Waals surface area contributed by atoms with Crippen molar-refractivity contribution < 1.29 is 9.59 Å². The summed E-state index contributed by atoms with van der Waals surface area (Å²) in [6.45, 7) is 0.728. The molecule has 0 radical (unpaired) electrons. The average molecular weight is 296 g/mol. The Kier molecular flexibility index (Phi) is 3.25. The fourth-order valence-corrected chi connectivity index (χ4v) is 3.96. The van der Waals surface area contributed by atoms with E-state index in [4.69, 9.17) is 0 Å². The maximum Gasteiger partial charge on any atom is 0.248 e. The molecule has 1 fully saturated rings. The van der Waals surface area contributed by atoms with Crippen LogP contribution in [0.5, 0.6) is 0 Å². The molecule has 0 saturated heterocycles. The molecule has 2 aliphatic heterocycles. The molecule has 2 amide bonds. The molecule has 0 aromatic heterocycles. The second-order valence-corrected chi connectivity index (χ2v) is 6.38. The molecular formula is C18H20N2O2. The summed E-state index contributed by atoms with van der Waals surface area (Å²) in [6, 6.07) is 8.23. The number of anilines is 1. The Morgan fingerprint density at radius 2 is 2.09 bits per heavy atom. The molecule has 1 unspecified atom stereocenters. The molecule has 22 heavy (non-hydrogen) atoms. The summed E-state index contributed by atoms with van der Waals surface area (Å²) in [7, 11) is 0. The third kappa shape index (κ3) is 2.14. The van der Waals surface area contributed by atoms with Crippen LogP contribution in [-0.2, 0) is 16.0 Å². The molecule has 3 aliphatic rings. The van der Waals surface area contributed by atoms with Gasteiger partial charge in [0.15, 0.2) is 0 Å². The highest BCUT2D eigenvalue weighted by molar-refractivity contribution is 6.06. The van der Waals surface area contributed by atoms with Gasteiger partial charge in [-0.25, -0.2) is 0 Å². The van der Waals surface area contributed by atoms with Crippen LogP contribution in [-0.4, -0.2) is 24.4 Å². The van der Waals surface area contributed by atoms with E-state index in [0.717, 1.165) is 49.9 Å². The largest absolute Gasteiger partial charge is 0.346 e. The third-order valence-corrected chi connectivity index (χ3v) is 5.09. The Labute approximate surface area is 130 Å². The number of benzene rings is 1. The average Bonchev–Trinajstić information content (AvgIpc) is 3.09. The minimum atomic E-state index is -0.0252. The number of hydrogen-bond acceptors (Lipinski definition) is 2. The van der Waals surface area contributed by atoms with Gasteiger partial charge in [0, 0.05) is 17.8 Å². The highest BCUT2D eigenvalue weighted by atomic mass is 16.2. The van der Waals surface area contributed by atoms with Crippen LogP contribution in [0.15, 0.2) is 35.4 Å². The molecule has 0 spiro atoms. The highest BCUT2D eigenvalue weighted by Crippen LogP contribution is 2.34. The molecule has 1 atom stereocenters. The minimum Gasteiger partial charge on any atom is -0.346 e. The molecule has 4 nitrogen and oxygen atoms in total. The molecule has 114 valence electrons. The summed E-state index contributed by atoms with van der Waals surface area (Å²) >= 11 is 0. The number of hydrogen-bond donors (Lipinski definition) is 1. The molecule has 2 heterocycles. The number of fused-ring (bicyclic) bond motifs is 2. The van der Waals surface area contributed by atoms with Crippen LogP contribution in [0.4, 0.5) is 5.69 Å². The maximum atomic E-state index is 12.7. The van der Waals surface area contributed by atoms with Crippen LogP contribution in [0, 0.1) is 0 Å². The molecule has 4 rings (SSSR count). The van der Waals surface area contributed by atoms with Crippen molar-refractivity contribution in [2.24, 2.45) is 0 Å². The van der Waals surface area contributed by atoms with E-state index in [1.165, 1.54) is 11.1 Å². The number of para-hydroxylation sites is 1. The van der Waals surface area contributed by atoms with Gasteiger partial charge < -0.3 is 10.2 Å². The van der Waals surface area contributed by atoms with Crippen LogP contribution in [0.3, 0.4) is 0 Å². The standard InChI is InChI=1S/C18H20N2O2/c21-17(20-10-9-12-5-1-4-8-16(12)20)11-14-13-6-2-3-7-15(13)19-18(14)22/h1,4-5,8,15H,2-3,6-7,9-11H2,(H,19,22). The lowest BCUT2D eigenvalue weighted by Crippen LogP contribution is -2.31. The first-order valence-corrected chi connectivity index (χ1v) is 8.15. The fourth-order valence-electron chi connectivity index (χ4n) is 3.96. The van der Waals surface area contributed by atoms with E-state index >= 15 is 0 Å². The number of nitrogens with zero attached hydrogens (tertiary/aromatic N) is 1. The first-order valence-electron chi connectivity index (χ1n) is 8.15. The number of carbonyl (C=O) groups is 2. The zero-order valence-electron chi connectivity index (χ0n) is 12.6. The maximum absolute atomic E-state index is 12.7. The van der Waals surface area contributed by atoms with Crippen LogP contribution >= 0.6 is 0 Å². The third-order valence-electron chi connectivity index (χ3n) is 5.09. The van der Waals surface area contributed by atoms with E-state index in [-0.39, 0.29) is 24.3 Å². The van der Waals surface area contributed by atoms with Gasteiger partial charge in [0.2, 0.25) is 11.8 Å². The van der Waals surface area contributed by atoms with E-state index in [1.54, 1.807) is 0 Å². The van der Waals surface area contributed by atoms with E-state index < -0.39 is 0 Å². The first kappa shape index (κ1) is 13.6. The van der Waals surface area contributed by atoms with Gasteiger partial charge in [0.1, 0.15) is 0 Å². The van der Waals surface area contributed by atoms with Crippen LogP contribution in [0.2, 0.25) is 0 Å². The Balaban J connectivity index is 1.57. The lowest BCUT2D eigenvalue weighted by molar-refractivity contribution is -0.121. The molecule has 1 aromatic carbocycles. The van der Waals surface area contributed by atoms with Crippen molar-refractivity contribution in [1.82, 2.24) is 5.32 Å². The monoisotopic (exact) mass is 296 g/mol. The second-order valence-electron chi connectivity index (χ2n) is 6.38. The summed E-state index contributed by atoms with van der Waals surface area (Å²) in [5, 5.41) is 3.04. The molecule has 1 aliphatic carbocycles. The zero-order chi connectivity index (χ0) is 15.1. The molecular weight excluding hydrogens is 276 g/mol. The highest BCUT2D eigenvalue weighted by Gasteiger charge is 2.35. The molecule has 4 heteroatoms. The van der Waals surface area contributed by atoms with Crippen molar-refractivity contribution in [1.29, 1.82) is 0 Å². The van der Waals surface area contributed by atoms with Crippen molar-refractivity contribution >= 4 is 17.5 Å². The predicted octanol–water partition coefficient (Wildman–Crippen LogP) is 2.33. The lowest BCUT2D eigenvalue weighted by Gasteiger charge is -2.21. The number of nitrogens with one attached hydrogen (secondary N) is 1. The van der Waals surface area contributed by atoms with Gasteiger partial charge >= 0.3 is 0 Å². The first-order chi connectivity index (χ1) is 10.7. The van der Waals surface area contributed by atoms with Crippen molar-refractivity contribution in [3.8, 4) is 0 Å². The van der Waals surface area contributed by atoms with E-state index in [1.807, 2.05) is 23.1 Å². The van der Waals surface area contributed by atoms with Gasteiger partial charge in [-0.05, 0) is 42.9 Å². The predicted molar refractivity (Wildman–Crippen MR) is 84.5 cm³/mol. The Morgan fingerprint density at radius 1 is 1.23 bits per heavy atom. The van der Waals surface area contributed by atoms with E-state index in [2.05, 4.69) is 11.4 Å². The van der Waals surface area contributed by atoms with Crippen LogP contribution in [0.25, 0.3) is 0 Å². The van der Waals surface area contributed by atoms with Gasteiger partial charge in [-0.2, -0.15) is 0 Å². The molecule has 1 N–H and O–H groups in total. The Morgan fingerprint density at radius 3 is 3.00 bits per heavy atom. The summed E-state index contributed by atoms with van der Waals surface area (Å²) in [5.41, 5.74) is 4.16. The lowest BCUT2D eigenvalue weighted by atomic mass is 9.88. The van der Waals surface area contributed by atoms with E-state index in [0.29, 0.717) is 0 Å². The molecule has 1 saturated carbocycles. The molecule has 1 aromatic rings. The van der Waals surface area contributed by atoms with Crippen molar-refractivity contribution in [3.05, 3.63) is 41.0 Å². The normalized spacial score (nSPS) is 23.4. The van der Waals surface area contributed by atoms with Crippen molar-refractivity contribution in [2.75, 3.05) is 11.4 Å². The summed E-state index contributed by atoms with van der Waals surface area (Å²) in [5.74, 6) is 0.0246. The van der Waals surface area contributed by atoms with Crippen molar-refractivity contribution in [3.63, 3.8) is 0 Å². The van der Waals surface area contributed by atoms with Crippen LogP contribution < -0.4 is 10.2 Å². The smallest absolute Gasteiger partial charge is 0.248 e. The summed E-state index contributed by atoms with van der Waals surface area (Å²) in [4.78, 5) is 26.7. The molecule has 0 bridgehead atoms. The van der Waals surface area contributed by atoms with E-state index in [9.17, 15) is 9.59 Å². The van der Waals surface area contributed by atoms with Gasteiger partial charge in [-0.15, -0.1) is 0 Å². The second kappa shape index (κ2) is 5.27. The topological polar surface area (TPSA) is 49.4 Å². The zero-order valence-corrected chi connectivity index (χ0v) is 12.6. The van der Waals surface area contributed by atoms with Gasteiger partial charge in [0.05, 0.1) is 12.5 Å². The SMILES string of the molecule is O=C1NC2CCCCC2=C1CC(=O)N1CCc2ccccc21. The quantitative estimate of drug-likeness (QED) is 0.910. The number of rotatable bonds is 2. The van der Waals surface area contributed by atoms with Crippen LogP contribution in [0.1, 0.15) is 37.7 Å². The Bertz CT molecular complexity index is 677.